The summed E-state index contributed by atoms with van der Waals surface area (Å²) in [4.78, 5) is 0. The summed E-state index contributed by atoms with van der Waals surface area (Å²) >= 11 is 17.5. The van der Waals surface area contributed by atoms with Gasteiger partial charge in [0.2, 0.25) is 0 Å². The van der Waals surface area contributed by atoms with Crippen LogP contribution < -0.4 is 0 Å². The average molecular weight is 1710 g/mol. The molecule has 11 rings (SSSR count). The van der Waals surface area contributed by atoms with Crippen LogP contribution in [0.5, 0.6) is 0 Å². The van der Waals surface area contributed by atoms with Crippen LogP contribution in [0.25, 0.3) is 0 Å². The predicted octanol–water partition coefficient (Wildman–Crippen LogP) is 36.1. The van der Waals surface area contributed by atoms with Crippen LogP contribution in [0.15, 0.2) is 285 Å². The average Bonchev–Trinajstić information content (AvgIpc) is 0.831. The maximum absolute atomic E-state index is 13.0. The van der Waals surface area contributed by atoms with E-state index in [2.05, 4.69) is 305 Å². The molecule has 0 radical (unpaired) electrons. The first-order valence-electron chi connectivity index (χ1n) is 44.2. The van der Waals surface area contributed by atoms with Crippen molar-refractivity contribution in [1.29, 1.82) is 0 Å². The van der Waals surface area contributed by atoms with Crippen molar-refractivity contribution in [2.75, 3.05) is 0 Å². The summed E-state index contributed by atoms with van der Waals surface area (Å²) in [5.74, 6) is 7.87. The van der Waals surface area contributed by atoms with Crippen LogP contribution in [0.2, 0.25) is 15.1 Å². The Morgan fingerprint density at radius 2 is 0.488 bits per heavy atom. The normalized spacial score (nSPS) is 11.3. The summed E-state index contributed by atoms with van der Waals surface area (Å²) in [6.45, 7) is 54.8. The number of hydrogen-bond acceptors (Lipinski definition) is 0. The summed E-state index contributed by atoms with van der Waals surface area (Å²) in [6, 6.07) is 91.2. The van der Waals surface area contributed by atoms with E-state index in [0.29, 0.717) is 53.8 Å². The Hall–Kier alpha value is -8.06. The highest BCUT2D eigenvalue weighted by Crippen LogP contribution is 2.27. The molecule has 0 bridgehead atoms. The quantitative estimate of drug-likeness (QED) is 0.0593. The molecule has 0 aliphatic heterocycles. The Morgan fingerprint density at radius 3 is 0.835 bits per heavy atom. The molecule has 0 nitrogen and oxygen atoms in total. The Bertz CT molecular complexity index is 4030. The monoisotopic (exact) mass is 1710 g/mol. The van der Waals surface area contributed by atoms with E-state index in [1.165, 1.54) is 93.4 Å². The molecule has 0 aliphatic rings. The standard InChI is InChI=1S/3C11H16.3C10H13Cl.C10H12F2.3C10H13F.C10H14/c3*1-9(2)10(3)11-7-5-4-6-8-11;1-8(2)7-9-3-5-10(11)6-4-9;1-8(2)6-9-4-3-5-10(11)7-9;1-8(2)7-9-5-3-4-6-10(9)11;1-7(2)6-8-9(11)4-3-5-10(8)12;1-8(2)7-9-3-5-10(11)6-4-9;1-8(2)6-9-4-3-5-10(11)7-9;1-8(2)7-9-5-3-4-6-10(9)11;1-9(2)8-10-6-4-3-5-7-10/h3*4-10H,1-3H3;3-6,8H,7H2,1-2H3;3-5,7-8H,6H2,1-2H3;3-6,8H,7H2,1-2H3;3-5,7H,6H2,1-2H3;3-6,8H,7H2,1-2H3;3-5,7-8H,6H2,1-2H3;3-6,8H,7H2,1-2H3;3-7,9H,8H2,1-2H3/t2*10-;;;;;;;;;/m10........./s1. The van der Waals surface area contributed by atoms with Crippen LogP contribution in [0.1, 0.15) is 252 Å². The molecular weight excluding hydrogens is 1560 g/mol. The van der Waals surface area contributed by atoms with E-state index in [-0.39, 0.29) is 28.9 Å². The number of rotatable bonds is 22. The zero-order valence-corrected chi connectivity index (χ0v) is 80.7. The van der Waals surface area contributed by atoms with Crippen LogP contribution in [0.4, 0.5) is 22.0 Å². The van der Waals surface area contributed by atoms with Gasteiger partial charge < -0.3 is 0 Å². The lowest BCUT2D eigenvalue weighted by atomic mass is 9.91. The molecule has 11 aromatic carbocycles. The fraction of sp³-hybridized carbons (Fsp3) is 0.416. The van der Waals surface area contributed by atoms with Gasteiger partial charge in [0.1, 0.15) is 29.1 Å². The SMILES string of the molecule is CC(C)C(C)c1ccccc1.CC(C)Cc1c(F)cccc1F.CC(C)Cc1ccc(Cl)cc1.CC(C)Cc1ccc(F)cc1.CC(C)Cc1cccc(Cl)c1.CC(C)Cc1cccc(F)c1.CC(C)Cc1ccccc1.CC(C)Cc1ccccc1Cl.CC(C)Cc1ccccc1F.CC(C)[C@@H](C)c1ccccc1.CC(C)[C@H](C)c1ccccc1. The van der Waals surface area contributed by atoms with Crippen molar-refractivity contribution in [3.8, 4) is 0 Å². The van der Waals surface area contributed by atoms with Crippen molar-refractivity contribution in [2.24, 2.45) is 65.1 Å². The summed E-state index contributed by atoms with van der Waals surface area (Å²) in [5, 5.41) is 2.54. The third kappa shape index (κ3) is 55.6. The first-order chi connectivity index (χ1) is 57.2. The highest BCUT2D eigenvalue weighted by molar-refractivity contribution is 6.31. The lowest BCUT2D eigenvalue weighted by molar-refractivity contribution is 0.525. The van der Waals surface area contributed by atoms with Crippen LogP contribution in [0, 0.1) is 94.2 Å². The molecule has 0 aliphatic carbocycles. The number of hydrogen-bond donors (Lipinski definition) is 0. The van der Waals surface area contributed by atoms with Gasteiger partial charge in [0.25, 0.3) is 0 Å². The molecule has 0 aromatic heterocycles. The van der Waals surface area contributed by atoms with Crippen molar-refractivity contribution in [3.05, 3.63) is 390 Å². The minimum Gasteiger partial charge on any atom is -0.207 e. The maximum Gasteiger partial charge on any atom is 0.129 e. The first kappa shape index (κ1) is 111. The van der Waals surface area contributed by atoms with E-state index in [1.54, 1.807) is 18.2 Å². The van der Waals surface area contributed by atoms with Crippen LogP contribution in [-0.4, -0.2) is 0 Å². The van der Waals surface area contributed by atoms with Crippen LogP contribution in [0.3, 0.4) is 0 Å². The Kier molecular flexibility index (Phi) is 59.3. The smallest absolute Gasteiger partial charge is 0.129 e. The van der Waals surface area contributed by atoms with Gasteiger partial charge in [-0.15, -0.1) is 0 Å². The van der Waals surface area contributed by atoms with Crippen molar-refractivity contribution < 1.29 is 22.0 Å². The van der Waals surface area contributed by atoms with Crippen LogP contribution >= 0.6 is 34.8 Å². The Morgan fingerprint density at radius 1 is 0.207 bits per heavy atom. The van der Waals surface area contributed by atoms with Crippen molar-refractivity contribution in [2.45, 2.75) is 242 Å². The fourth-order valence-electron chi connectivity index (χ4n) is 12.3. The van der Waals surface area contributed by atoms with E-state index in [4.69, 9.17) is 34.8 Å². The van der Waals surface area contributed by atoms with Gasteiger partial charge in [-0.05, 0) is 263 Å². The Labute approximate surface area is 749 Å². The molecule has 0 amide bonds. The molecule has 660 valence electrons. The van der Waals surface area contributed by atoms with Gasteiger partial charge in [0.15, 0.2) is 0 Å². The minimum absolute atomic E-state index is 0.0822. The molecule has 121 heavy (non-hydrogen) atoms. The van der Waals surface area contributed by atoms with E-state index in [1.807, 2.05) is 92.7 Å². The van der Waals surface area contributed by atoms with Crippen LogP contribution in [-0.2, 0) is 51.4 Å². The molecule has 0 saturated heterocycles. The molecule has 8 heteroatoms. The van der Waals surface area contributed by atoms with Crippen molar-refractivity contribution in [3.63, 3.8) is 0 Å². The van der Waals surface area contributed by atoms with Gasteiger partial charge in [0.05, 0.1) is 0 Å². The minimum atomic E-state index is -0.441. The molecule has 0 saturated carbocycles. The second-order valence-electron chi connectivity index (χ2n) is 36.0. The fourth-order valence-corrected chi connectivity index (χ4v) is 12.9. The zero-order chi connectivity index (χ0) is 90.9. The van der Waals surface area contributed by atoms with Gasteiger partial charge in [-0.25, -0.2) is 22.0 Å². The summed E-state index contributed by atoms with van der Waals surface area (Å²) in [5.41, 5.74) is 13.0. The molecule has 0 fully saturated rings. The summed E-state index contributed by atoms with van der Waals surface area (Å²) in [6.07, 6.45) is 7.78. The van der Waals surface area contributed by atoms with E-state index < -0.39 is 11.6 Å². The van der Waals surface area contributed by atoms with Gasteiger partial charge >= 0.3 is 0 Å². The number of benzene rings is 11. The molecule has 0 N–H and O–H groups in total. The molecule has 0 heterocycles. The summed E-state index contributed by atoms with van der Waals surface area (Å²) < 4.78 is 63.9. The topological polar surface area (TPSA) is 0 Å². The molecule has 3 atom stereocenters. The molecule has 11 aromatic rings. The number of halogens is 8. The largest absolute Gasteiger partial charge is 0.207 e. The molecule has 0 spiro atoms. The van der Waals surface area contributed by atoms with Gasteiger partial charge in [-0.1, -0.05) is 420 Å². The second kappa shape index (κ2) is 64.7. The van der Waals surface area contributed by atoms with Crippen molar-refractivity contribution >= 4 is 34.8 Å². The highest BCUT2D eigenvalue weighted by Gasteiger charge is 2.13. The van der Waals surface area contributed by atoms with Gasteiger partial charge in [0, 0.05) is 20.6 Å². The lowest BCUT2D eigenvalue weighted by Gasteiger charge is -2.15. The maximum atomic E-state index is 13.0. The van der Waals surface area contributed by atoms with E-state index >= 15 is 0 Å². The third-order valence-corrected chi connectivity index (χ3v) is 20.3. The Balaban J connectivity index is 0.000000666. The van der Waals surface area contributed by atoms with Crippen molar-refractivity contribution in [1.82, 2.24) is 0 Å². The van der Waals surface area contributed by atoms with E-state index in [0.717, 1.165) is 94.3 Å². The third-order valence-electron chi connectivity index (χ3n) is 19.5. The zero-order valence-electron chi connectivity index (χ0n) is 78.4. The molecular formula is C113H152Cl3F5. The van der Waals surface area contributed by atoms with Gasteiger partial charge in [-0.2, -0.15) is 0 Å². The second-order valence-corrected chi connectivity index (χ2v) is 37.3. The lowest BCUT2D eigenvalue weighted by Crippen LogP contribution is -2.00. The van der Waals surface area contributed by atoms with E-state index in [9.17, 15) is 22.0 Å². The summed E-state index contributed by atoms with van der Waals surface area (Å²) in [7, 11) is 0. The highest BCUT2D eigenvalue weighted by atomic mass is 35.5. The van der Waals surface area contributed by atoms with Gasteiger partial charge in [-0.3, -0.25) is 0 Å². The first-order valence-corrected chi connectivity index (χ1v) is 45.4. The molecule has 1 unspecified atom stereocenters. The predicted molar refractivity (Wildman–Crippen MR) is 524 cm³/mol.